The Morgan fingerprint density at radius 1 is 0.962 bits per heavy atom. The van der Waals surface area contributed by atoms with Crippen LogP contribution in [-0.4, -0.2) is 21.1 Å². The standard InChI is InChI=1S/C21H16N2O3/c1-21-13-5-6-14-22(21)19(16-7-3-2-4-8-16)18(20(21)24)15-9-11-17(12-10-15)23(25)26/h2-14H,1H3. The number of benzene rings is 2. The van der Waals surface area contributed by atoms with Crippen LogP contribution >= 0.6 is 0 Å². The van der Waals surface area contributed by atoms with E-state index in [-0.39, 0.29) is 11.5 Å². The molecule has 128 valence electrons. The minimum atomic E-state index is -0.795. The molecule has 1 unspecified atom stereocenters. The summed E-state index contributed by atoms with van der Waals surface area (Å²) < 4.78 is 0. The maximum absolute atomic E-state index is 13.3. The van der Waals surface area contributed by atoms with Crippen LogP contribution in [0.3, 0.4) is 0 Å². The first-order valence-corrected chi connectivity index (χ1v) is 8.27. The number of nitrogens with zero attached hydrogens (tertiary/aromatic N) is 2. The van der Waals surface area contributed by atoms with E-state index >= 15 is 0 Å². The van der Waals surface area contributed by atoms with Gasteiger partial charge in [-0.05, 0) is 36.3 Å². The average molecular weight is 344 g/mol. The summed E-state index contributed by atoms with van der Waals surface area (Å²) in [4.78, 5) is 25.8. The number of hydrogen-bond donors (Lipinski definition) is 0. The van der Waals surface area contributed by atoms with E-state index in [4.69, 9.17) is 0 Å². The first-order valence-electron chi connectivity index (χ1n) is 8.27. The van der Waals surface area contributed by atoms with Crippen molar-refractivity contribution in [2.24, 2.45) is 0 Å². The molecule has 0 saturated carbocycles. The molecule has 0 radical (unpaired) electrons. The molecule has 26 heavy (non-hydrogen) atoms. The summed E-state index contributed by atoms with van der Waals surface area (Å²) in [7, 11) is 0. The summed E-state index contributed by atoms with van der Waals surface area (Å²) in [6.07, 6.45) is 7.56. The summed E-state index contributed by atoms with van der Waals surface area (Å²) in [5.41, 5.74) is 2.20. The van der Waals surface area contributed by atoms with Gasteiger partial charge in [-0.2, -0.15) is 0 Å². The molecular formula is C21H16N2O3. The highest BCUT2D eigenvalue weighted by Crippen LogP contribution is 2.46. The maximum Gasteiger partial charge on any atom is 0.269 e. The van der Waals surface area contributed by atoms with Crippen LogP contribution in [0.1, 0.15) is 18.1 Å². The van der Waals surface area contributed by atoms with Gasteiger partial charge in [0.15, 0.2) is 5.78 Å². The second-order valence-corrected chi connectivity index (χ2v) is 6.44. The number of fused-ring (bicyclic) bond motifs is 1. The molecule has 2 heterocycles. The van der Waals surface area contributed by atoms with E-state index in [0.717, 1.165) is 11.3 Å². The largest absolute Gasteiger partial charge is 0.330 e. The third kappa shape index (κ3) is 2.29. The number of ketones is 1. The smallest absolute Gasteiger partial charge is 0.269 e. The monoisotopic (exact) mass is 344 g/mol. The van der Waals surface area contributed by atoms with Crippen LogP contribution in [0.15, 0.2) is 79.0 Å². The molecule has 5 heteroatoms. The lowest BCUT2D eigenvalue weighted by atomic mass is 9.89. The Bertz CT molecular complexity index is 988. The Hall–Kier alpha value is -3.47. The van der Waals surface area contributed by atoms with E-state index in [1.54, 1.807) is 12.1 Å². The summed E-state index contributed by atoms with van der Waals surface area (Å²) in [5.74, 6) is -0.0224. The van der Waals surface area contributed by atoms with Crippen molar-refractivity contribution in [3.63, 3.8) is 0 Å². The van der Waals surface area contributed by atoms with Gasteiger partial charge in [0.2, 0.25) is 0 Å². The molecule has 0 aromatic heterocycles. The van der Waals surface area contributed by atoms with Crippen LogP contribution < -0.4 is 0 Å². The Morgan fingerprint density at radius 2 is 1.65 bits per heavy atom. The topological polar surface area (TPSA) is 63.4 Å². The maximum atomic E-state index is 13.3. The molecule has 5 nitrogen and oxygen atoms in total. The Morgan fingerprint density at radius 3 is 2.31 bits per heavy atom. The fourth-order valence-corrected chi connectivity index (χ4v) is 3.48. The molecule has 2 aliphatic rings. The highest BCUT2D eigenvalue weighted by molar-refractivity contribution is 6.35. The van der Waals surface area contributed by atoms with Crippen molar-refractivity contribution in [1.82, 2.24) is 4.90 Å². The van der Waals surface area contributed by atoms with Crippen LogP contribution in [-0.2, 0) is 4.79 Å². The van der Waals surface area contributed by atoms with E-state index in [2.05, 4.69) is 0 Å². The van der Waals surface area contributed by atoms with E-state index < -0.39 is 10.5 Å². The van der Waals surface area contributed by atoms with E-state index in [1.807, 2.05) is 66.6 Å². The van der Waals surface area contributed by atoms with Crippen molar-refractivity contribution in [3.8, 4) is 0 Å². The number of Topliss-reactive ketones (excluding diaryl/α,β-unsaturated/α-hetero) is 1. The molecule has 0 amide bonds. The quantitative estimate of drug-likeness (QED) is 0.619. The molecule has 4 rings (SSSR count). The normalized spacial score (nSPS) is 21.3. The third-order valence-electron chi connectivity index (χ3n) is 4.85. The first kappa shape index (κ1) is 16.0. The molecule has 0 aliphatic carbocycles. The molecule has 0 spiro atoms. The predicted molar refractivity (Wildman–Crippen MR) is 99.9 cm³/mol. The van der Waals surface area contributed by atoms with Gasteiger partial charge in [-0.25, -0.2) is 0 Å². The second kappa shape index (κ2) is 5.81. The van der Waals surface area contributed by atoms with Crippen molar-refractivity contribution in [2.45, 2.75) is 12.5 Å². The predicted octanol–water partition coefficient (Wildman–Crippen LogP) is 4.19. The van der Waals surface area contributed by atoms with Crippen molar-refractivity contribution in [1.29, 1.82) is 0 Å². The lowest BCUT2D eigenvalue weighted by Gasteiger charge is -2.34. The fourth-order valence-electron chi connectivity index (χ4n) is 3.48. The number of rotatable bonds is 3. The Labute approximate surface area is 150 Å². The lowest BCUT2D eigenvalue weighted by molar-refractivity contribution is -0.384. The zero-order valence-electron chi connectivity index (χ0n) is 14.1. The summed E-state index contributed by atoms with van der Waals surface area (Å²) in [5, 5.41) is 10.9. The number of carbonyl (C=O) groups excluding carboxylic acids is 1. The Balaban J connectivity index is 1.94. The number of allylic oxidation sites excluding steroid dienone is 2. The van der Waals surface area contributed by atoms with Gasteiger partial charge < -0.3 is 4.90 Å². The minimum absolute atomic E-state index is 0.00443. The van der Waals surface area contributed by atoms with Gasteiger partial charge in [0.05, 0.1) is 16.2 Å². The zero-order valence-corrected chi connectivity index (χ0v) is 14.1. The first-order chi connectivity index (χ1) is 12.5. The summed E-state index contributed by atoms with van der Waals surface area (Å²) in [6, 6.07) is 15.9. The van der Waals surface area contributed by atoms with E-state index in [1.165, 1.54) is 12.1 Å². The van der Waals surface area contributed by atoms with Crippen LogP contribution in [0, 0.1) is 10.1 Å². The summed E-state index contributed by atoms with van der Waals surface area (Å²) >= 11 is 0. The van der Waals surface area contributed by atoms with Gasteiger partial charge >= 0.3 is 0 Å². The van der Waals surface area contributed by atoms with Gasteiger partial charge in [0, 0.05) is 18.3 Å². The molecule has 2 aromatic carbocycles. The number of carbonyl (C=O) groups is 1. The van der Waals surface area contributed by atoms with Crippen LogP contribution in [0.25, 0.3) is 11.3 Å². The molecule has 2 aliphatic heterocycles. The molecule has 0 fully saturated rings. The molecule has 2 aromatic rings. The lowest BCUT2D eigenvalue weighted by Crippen LogP contribution is -2.43. The highest BCUT2D eigenvalue weighted by atomic mass is 16.6. The van der Waals surface area contributed by atoms with Gasteiger partial charge in [0.25, 0.3) is 5.69 Å². The molecule has 0 N–H and O–H groups in total. The summed E-state index contributed by atoms with van der Waals surface area (Å²) in [6.45, 7) is 1.89. The molecular weight excluding hydrogens is 328 g/mol. The third-order valence-corrected chi connectivity index (χ3v) is 4.85. The fraction of sp³-hybridized carbons (Fsp3) is 0.0952. The van der Waals surface area contributed by atoms with Crippen molar-refractivity contribution < 1.29 is 9.72 Å². The van der Waals surface area contributed by atoms with E-state index in [9.17, 15) is 14.9 Å². The minimum Gasteiger partial charge on any atom is -0.330 e. The second-order valence-electron chi connectivity index (χ2n) is 6.44. The molecule has 1 atom stereocenters. The van der Waals surface area contributed by atoms with Crippen LogP contribution in [0.4, 0.5) is 5.69 Å². The number of hydrogen-bond acceptors (Lipinski definition) is 4. The zero-order chi connectivity index (χ0) is 18.3. The van der Waals surface area contributed by atoms with Crippen molar-refractivity contribution in [2.75, 3.05) is 0 Å². The Kier molecular flexibility index (Phi) is 3.58. The number of nitro benzene ring substituents is 1. The number of non-ortho nitro benzene ring substituents is 1. The van der Waals surface area contributed by atoms with Crippen molar-refractivity contribution >= 4 is 22.7 Å². The SMILES string of the molecule is CC12C=CC=CN1C(c1ccccc1)=C(c1ccc([N+](=O)[O-])cc1)C2=O. The average Bonchev–Trinajstić information content (AvgIpc) is 2.90. The van der Waals surface area contributed by atoms with Gasteiger partial charge in [0.1, 0.15) is 5.54 Å². The molecule has 0 bridgehead atoms. The van der Waals surface area contributed by atoms with Crippen LogP contribution in [0.2, 0.25) is 0 Å². The molecule has 0 saturated heterocycles. The number of nitro groups is 1. The van der Waals surface area contributed by atoms with Crippen molar-refractivity contribution in [3.05, 3.63) is 100 Å². The highest BCUT2D eigenvalue weighted by Gasteiger charge is 2.48. The van der Waals surface area contributed by atoms with Gasteiger partial charge in [-0.1, -0.05) is 42.5 Å². The van der Waals surface area contributed by atoms with E-state index in [0.29, 0.717) is 11.1 Å². The van der Waals surface area contributed by atoms with Gasteiger partial charge in [-0.15, -0.1) is 0 Å². The van der Waals surface area contributed by atoms with Gasteiger partial charge in [-0.3, -0.25) is 14.9 Å². The van der Waals surface area contributed by atoms with Crippen LogP contribution in [0.5, 0.6) is 0 Å².